The molecule has 4 rings (SSSR count). The first kappa shape index (κ1) is 25.5. The van der Waals surface area contributed by atoms with Crippen LogP contribution >= 0.6 is 0 Å². The fraction of sp³-hybridized carbons (Fsp3) is 0. The van der Waals surface area contributed by atoms with E-state index in [0.29, 0.717) is 5.56 Å². The van der Waals surface area contributed by atoms with Crippen molar-refractivity contribution in [2.45, 2.75) is 0 Å². The molecule has 0 fully saturated rings. The Kier molecular flexibility index (Phi) is 8.78. The van der Waals surface area contributed by atoms with Crippen LogP contribution in [0.3, 0.4) is 0 Å². The quantitative estimate of drug-likeness (QED) is 0.199. The molecule has 0 aliphatic heterocycles. The minimum absolute atomic E-state index is 0.00946. The molecule has 0 heterocycles. The van der Waals surface area contributed by atoms with E-state index in [9.17, 15) is 19.8 Å². The number of carbonyl (C=O) groups is 2. The maximum atomic E-state index is 11.8. The molecule has 0 saturated heterocycles. The number of phenols is 4. The molecule has 180 valence electrons. The average molecular weight is 481 g/mol. The van der Waals surface area contributed by atoms with E-state index in [0.717, 1.165) is 17.2 Å². The highest BCUT2D eigenvalue weighted by atomic mass is 16.3. The number of phenolic OH excluding ortho intramolecular Hbond substituents is 4. The van der Waals surface area contributed by atoms with Gasteiger partial charge in [0, 0.05) is 6.07 Å². The second-order valence-corrected chi connectivity index (χ2v) is 7.62. The third kappa shape index (κ3) is 7.46. The predicted octanol–water partition coefficient (Wildman–Crippen LogP) is 5.99. The minimum atomic E-state index is -0.370. The first-order valence-corrected chi connectivity index (χ1v) is 10.9. The number of para-hydroxylation sites is 1. The van der Waals surface area contributed by atoms with Crippen molar-refractivity contribution in [2.75, 3.05) is 0 Å². The standard InChI is InChI=1S/C15H12O4.C15H12O2/c16-11-4-1-10(2-5-11)3-8-14(18)13-7-6-12(17)9-15(13)19;16-14-9-5-4-8-13(14)15(17)11-10-12-6-2-1-3-7-12/h1-9,16-17,19H;1-11,16H. The molecule has 0 aliphatic carbocycles. The predicted molar refractivity (Wildman–Crippen MR) is 139 cm³/mol. The van der Waals surface area contributed by atoms with E-state index in [1.54, 1.807) is 42.5 Å². The molecule has 4 aromatic rings. The van der Waals surface area contributed by atoms with Crippen molar-refractivity contribution in [1.29, 1.82) is 0 Å². The first-order chi connectivity index (χ1) is 17.3. The van der Waals surface area contributed by atoms with Crippen LogP contribution in [-0.2, 0) is 0 Å². The lowest BCUT2D eigenvalue weighted by molar-refractivity contribution is 0.103. The lowest BCUT2D eigenvalue weighted by Crippen LogP contribution is -1.94. The Morgan fingerprint density at radius 2 is 1.00 bits per heavy atom. The van der Waals surface area contributed by atoms with Gasteiger partial charge in [-0.25, -0.2) is 0 Å². The average Bonchev–Trinajstić information content (AvgIpc) is 2.88. The number of carbonyl (C=O) groups excluding carboxylic acids is 2. The summed E-state index contributed by atoms with van der Waals surface area (Å²) in [5.41, 5.74) is 2.15. The molecule has 0 amide bonds. The molecule has 6 nitrogen and oxygen atoms in total. The summed E-state index contributed by atoms with van der Waals surface area (Å²) in [6, 6.07) is 26.2. The second-order valence-electron chi connectivity index (χ2n) is 7.62. The smallest absolute Gasteiger partial charge is 0.189 e. The monoisotopic (exact) mass is 480 g/mol. The Balaban J connectivity index is 0.000000202. The van der Waals surface area contributed by atoms with Gasteiger partial charge in [-0.15, -0.1) is 0 Å². The van der Waals surface area contributed by atoms with Gasteiger partial charge in [-0.1, -0.05) is 66.7 Å². The van der Waals surface area contributed by atoms with Crippen molar-refractivity contribution in [3.05, 3.63) is 131 Å². The zero-order valence-corrected chi connectivity index (χ0v) is 19.2. The van der Waals surface area contributed by atoms with Crippen molar-refractivity contribution in [3.8, 4) is 23.0 Å². The third-order valence-electron chi connectivity index (χ3n) is 4.96. The Labute approximate surface area is 208 Å². The fourth-order valence-electron chi connectivity index (χ4n) is 3.08. The van der Waals surface area contributed by atoms with Crippen LogP contribution in [0.1, 0.15) is 31.8 Å². The van der Waals surface area contributed by atoms with Crippen molar-refractivity contribution in [3.63, 3.8) is 0 Å². The Hall–Kier alpha value is -5.10. The molecule has 0 aromatic heterocycles. The number of allylic oxidation sites excluding steroid dienone is 2. The van der Waals surface area contributed by atoms with Gasteiger partial charge in [-0.2, -0.15) is 0 Å². The van der Waals surface area contributed by atoms with E-state index in [1.165, 1.54) is 42.5 Å². The van der Waals surface area contributed by atoms with E-state index >= 15 is 0 Å². The second kappa shape index (κ2) is 12.4. The summed E-state index contributed by atoms with van der Waals surface area (Å²) in [5.74, 6) is -0.774. The number of hydrogen-bond donors (Lipinski definition) is 4. The summed E-state index contributed by atoms with van der Waals surface area (Å²) in [5, 5.41) is 37.3. The summed E-state index contributed by atoms with van der Waals surface area (Å²) in [6.45, 7) is 0. The molecule has 4 N–H and O–H groups in total. The van der Waals surface area contributed by atoms with Gasteiger partial charge in [0.05, 0.1) is 11.1 Å². The molecule has 0 saturated carbocycles. The molecular weight excluding hydrogens is 456 g/mol. The number of ketones is 2. The van der Waals surface area contributed by atoms with Gasteiger partial charge in [-0.3, -0.25) is 9.59 Å². The molecule has 0 unspecified atom stereocenters. The summed E-state index contributed by atoms with van der Waals surface area (Å²) < 4.78 is 0. The number of hydrogen-bond acceptors (Lipinski definition) is 6. The molecule has 36 heavy (non-hydrogen) atoms. The topological polar surface area (TPSA) is 115 Å². The van der Waals surface area contributed by atoms with Crippen LogP contribution in [0.2, 0.25) is 0 Å². The molecule has 0 radical (unpaired) electrons. The maximum absolute atomic E-state index is 11.8. The van der Waals surface area contributed by atoms with Gasteiger partial charge in [0.1, 0.15) is 23.0 Å². The highest BCUT2D eigenvalue weighted by molar-refractivity contribution is 6.09. The first-order valence-electron chi connectivity index (χ1n) is 10.9. The van der Waals surface area contributed by atoms with Gasteiger partial charge in [0.15, 0.2) is 11.6 Å². The molecule has 0 spiro atoms. The van der Waals surface area contributed by atoms with Gasteiger partial charge in [-0.05, 0) is 59.7 Å². The van der Waals surface area contributed by atoms with E-state index in [-0.39, 0.29) is 40.1 Å². The molecule has 4 aromatic carbocycles. The van der Waals surface area contributed by atoms with Crippen LogP contribution in [0.15, 0.2) is 109 Å². The number of aromatic hydroxyl groups is 4. The van der Waals surface area contributed by atoms with Crippen molar-refractivity contribution >= 4 is 23.7 Å². The molecule has 0 bridgehead atoms. The van der Waals surface area contributed by atoms with Crippen molar-refractivity contribution in [1.82, 2.24) is 0 Å². The Morgan fingerprint density at radius 3 is 1.58 bits per heavy atom. The molecule has 0 atom stereocenters. The zero-order chi connectivity index (χ0) is 25.9. The fourth-order valence-corrected chi connectivity index (χ4v) is 3.08. The van der Waals surface area contributed by atoms with Gasteiger partial charge in [0.2, 0.25) is 0 Å². The maximum Gasteiger partial charge on any atom is 0.189 e. The van der Waals surface area contributed by atoms with Crippen molar-refractivity contribution in [2.24, 2.45) is 0 Å². The lowest BCUT2D eigenvalue weighted by Gasteiger charge is -2.01. The Morgan fingerprint density at radius 1 is 0.500 bits per heavy atom. The largest absolute Gasteiger partial charge is 0.508 e. The van der Waals surface area contributed by atoms with Crippen LogP contribution in [-0.4, -0.2) is 32.0 Å². The number of benzene rings is 4. The van der Waals surface area contributed by atoms with Gasteiger partial charge >= 0.3 is 0 Å². The normalized spacial score (nSPS) is 10.7. The molecular formula is C30H24O6. The Bertz CT molecular complexity index is 1390. The lowest BCUT2D eigenvalue weighted by atomic mass is 10.1. The van der Waals surface area contributed by atoms with E-state index in [4.69, 9.17) is 10.2 Å². The van der Waals surface area contributed by atoms with Gasteiger partial charge in [0.25, 0.3) is 0 Å². The third-order valence-corrected chi connectivity index (χ3v) is 4.96. The van der Waals surface area contributed by atoms with E-state index < -0.39 is 0 Å². The van der Waals surface area contributed by atoms with Crippen LogP contribution in [0.4, 0.5) is 0 Å². The van der Waals surface area contributed by atoms with Gasteiger partial charge < -0.3 is 20.4 Å². The van der Waals surface area contributed by atoms with Crippen LogP contribution in [0.5, 0.6) is 23.0 Å². The zero-order valence-electron chi connectivity index (χ0n) is 19.2. The SMILES string of the molecule is O=C(C=Cc1ccc(O)cc1)c1ccc(O)cc1O.O=C(C=Cc1ccccc1)c1ccccc1O. The summed E-state index contributed by atoms with van der Waals surface area (Å²) in [4.78, 5) is 23.6. The number of rotatable bonds is 6. The minimum Gasteiger partial charge on any atom is -0.508 e. The summed E-state index contributed by atoms with van der Waals surface area (Å²) in [6.07, 6.45) is 6.09. The van der Waals surface area contributed by atoms with Crippen molar-refractivity contribution < 1.29 is 30.0 Å². The van der Waals surface area contributed by atoms with E-state index in [1.807, 2.05) is 30.3 Å². The van der Waals surface area contributed by atoms with E-state index in [2.05, 4.69) is 0 Å². The van der Waals surface area contributed by atoms with Crippen LogP contribution < -0.4 is 0 Å². The van der Waals surface area contributed by atoms with Crippen LogP contribution in [0.25, 0.3) is 12.2 Å². The summed E-state index contributed by atoms with van der Waals surface area (Å²) >= 11 is 0. The molecule has 6 heteroatoms. The van der Waals surface area contributed by atoms with Crippen LogP contribution in [0, 0.1) is 0 Å². The highest BCUT2D eigenvalue weighted by Crippen LogP contribution is 2.23. The highest BCUT2D eigenvalue weighted by Gasteiger charge is 2.08. The summed E-state index contributed by atoms with van der Waals surface area (Å²) in [7, 11) is 0. The molecule has 0 aliphatic rings.